The van der Waals surface area contributed by atoms with Gasteiger partial charge in [-0.1, -0.05) is 0 Å². The van der Waals surface area contributed by atoms with Crippen LogP contribution in [0.25, 0.3) is 10.8 Å². The van der Waals surface area contributed by atoms with E-state index in [1.807, 2.05) is 0 Å². The first-order valence-corrected chi connectivity index (χ1v) is 5.34. The van der Waals surface area contributed by atoms with Gasteiger partial charge in [0, 0.05) is 23.8 Å². The molecule has 4 N–H and O–H groups in total. The minimum Gasteiger partial charge on any atom is -0.398 e. The van der Waals surface area contributed by atoms with E-state index in [4.69, 9.17) is 5.73 Å². The van der Waals surface area contributed by atoms with Crippen LogP contribution in [-0.4, -0.2) is 22.7 Å². The summed E-state index contributed by atoms with van der Waals surface area (Å²) in [5.74, 6) is 0.150. The van der Waals surface area contributed by atoms with Crippen LogP contribution in [0.2, 0.25) is 0 Å². The van der Waals surface area contributed by atoms with Crippen molar-refractivity contribution in [2.75, 3.05) is 17.6 Å². The molecule has 4 nitrogen and oxygen atoms in total. The molecule has 1 heterocycles. The highest BCUT2D eigenvalue weighted by Crippen LogP contribution is 2.28. The number of hydrogen-bond donors (Lipinski definition) is 3. The van der Waals surface area contributed by atoms with Crippen molar-refractivity contribution in [1.29, 1.82) is 0 Å². The van der Waals surface area contributed by atoms with Crippen LogP contribution in [0.5, 0.6) is 0 Å². The molecule has 0 fully saturated rings. The van der Waals surface area contributed by atoms with E-state index in [2.05, 4.69) is 10.3 Å². The zero-order valence-corrected chi connectivity index (χ0v) is 9.44. The third-order valence-electron chi connectivity index (χ3n) is 2.47. The van der Waals surface area contributed by atoms with Crippen molar-refractivity contribution in [1.82, 2.24) is 4.98 Å². The van der Waals surface area contributed by atoms with Crippen molar-refractivity contribution in [3.05, 3.63) is 30.2 Å². The number of nitrogens with zero attached hydrogens (tertiary/aromatic N) is 1. The molecule has 0 aliphatic heterocycles. The van der Waals surface area contributed by atoms with Crippen LogP contribution in [0.3, 0.4) is 0 Å². The number of aliphatic hydroxyl groups is 1. The maximum Gasteiger partial charge on any atom is 0.136 e. The number of nitrogens with one attached hydrogen (secondary N) is 1. The van der Waals surface area contributed by atoms with Crippen molar-refractivity contribution >= 4 is 22.3 Å². The Hall–Kier alpha value is -1.88. The summed E-state index contributed by atoms with van der Waals surface area (Å²) in [6.07, 6.45) is 0.997. The Kier molecular flexibility index (Phi) is 3.10. The first-order valence-electron chi connectivity index (χ1n) is 5.34. The molecule has 0 saturated heterocycles. The molecule has 90 valence electrons. The number of aromatic nitrogens is 1. The first kappa shape index (κ1) is 11.6. The number of pyridine rings is 1. The molecule has 17 heavy (non-hydrogen) atoms. The lowest BCUT2D eigenvalue weighted by molar-refractivity contribution is 0.208. The number of benzene rings is 1. The average Bonchev–Trinajstić information content (AvgIpc) is 2.31. The Balaban J connectivity index is 2.52. The smallest absolute Gasteiger partial charge is 0.136 e. The SMILES string of the molecule is CC(O)CNc1nccc2c(F)ccc(N)c12. The van der Waals surface area contributed by atoms with Crippen LogP contribution in [0.1, 0.15) is 6.92 Å². The highest BCUT2D eigenvalue weighted by molar-refractivity contribution is 6.00. The zero-order valence-electron chi connectivity index (χ0n) is 9.44. The third-order valence-corrected chi connectivity index (χ3v) is 2.47. The number of fused-ring (bicyclic) bond motifs is 1. The van der Waals surface area contributed by atoms with E-state index in [1.165, 1.54) is 18.3 Å². The van der Waals surface area contributed by atoms with Crippen molar-refractivity contribution < 1.29 is 9.50 Å². The molecule has 0 radical (unpaired) electrons. The van der Waals surface area contributed by atoms with Crippen molar-refractivity contribution in [3.8, 4) is 0 Å². The maximum absolute atomic E-state index is 13.6. The standard InChI is InChI=1S/C12H14FN3O/c1-7(17)6-16-12-11-8(4-5-15-12)9(13)2-3-10(11)14/h2-5,7,17H,6,14H2,1H3,(H,15,16). The molecule has 0 bridgehead atoms. The summed E-state index contributed by atoms with van der Waals surface area (Å²) >= 11 is 0. The fraction of sp³-hybridized carbons (Fsp3) is 0.250. The number of halogens is 1. The summed E-state index contributed by atoms with van der Waals surface area (Å²) < 4.78 is 13.6. The summed E-state index contributed by atoms with van der Waals surface area (Å²) in [6, 6.07) is 4.41. The fourth-order valence-corrected chi connectivity index (χ4v) is 1.67. The van der Waals surface area contributed by atoms with Crippen LogP contribution in [0.15, 0.2) is 24.4 Å². The lowest BCUT2D eigenvalue weighted by atomic mass is 10.1. The van der Waals surface area contributed by atoms with Gasteiger partial charge in [0.1, 0.15) is 11.6 Å². The van der Waals surface area contributed by atoms with Crippen molar-refractivity contribution in [3.63, 3.8) is 0 Å². The van der Waals surface area contributed by atoms with Crippen LogP contribution in [0.4, 0.5) is 15.9 Å². The van der Waals surface area contributed by atoms with Crippen LogP contribution >= 0.6 is 0 Å². The molecule has 5 heteroatoms. The second kappa shape index (κ2) is 4.55. The Morgan fingerprint density at radius 3 is 2.94 bits per heavy atom. The van der Waals surface area contributed by atoms with Crippen molar-refractivity contribution in [2.45, 2.75) is 13.0 Å². The molecule has 1 unspecified atom stereocenters. The van der Waals surface area contributed by atoms with Gasteiger partial charge in [-0.2, -0.15) is 0 Å². The predicted molar refractivity (Wildman–Crippen MR) is 66.3 cm³/mol. The van der Waals surface area contributed by atoms with Crippen molar-refractivity contribution in [2.24, 2.45) is 0 Å². The molecule has 0 aliphatic rings. The monoisotopic (exact) mass is 235 g/mol. The Labute approximate surface area is 98.3 Å². The molecule has 0 aliphatic carbocycles. The summed E-state index contributed by atoms with van der Waals surface area (Å²) in [4.78, 5) is 4.11. The topological polar surface area (TPSA) is 71.2 Å². The molecule has 2 aromatic rings. The van der Waals surface area contributed by atoms with Crippen LogP contribution in [-0.2, 0) is 0 Å². The number of hydrogen-bond acceptors (Lipinski definition) is 4. The summed E-state index contributed by atoms with van der Waals surface area (Å²) in [5, 5.41) is 13.1. The van der Waals surface area contributed by atoms with Crippen LogP contribution < -0.4 is 11.1 Å². The molecule has 2 rings (SSSR count). The highest BCUT2D eigenvalue weighted by atomic mass is 19.1. The second-order valence-corrected chi connectivity index (χ2v) is 3.95. The van der Waals surface area contributed by atoms with E-state index >= 15 is 0 Å². The van der Waals surface area contributed by atoms with Gasteiger partial charge in [-0.15, -0.1) is 0 Å². The van der Waals surface area contributed by atoms with Gasteiger partial charge in [0.25, 0.3) is 0 Å². The largest absolute Gasteiger partial charge is 0.398 e. The molecular weight excluding hydrogens is 221 g/mol. The van der Waals surface area contributed by atoms with E-state index < -0.39 is 6.10 Å². The van der Waals surface area contributed by atoms with Gasteiger partial charge < -0.3 is 16.2 Å². The van der Waals surface area contributed by atoms with E-state index in [9.17, 15) is 9.50 Å². The second-order valence-electron chi connectivity index (χ2n) is 3.95. The molecule has 0 spiro atoms. The average molecular weight is 235 g/mol. The number of nitrogens with two attached hydrogens (primary N) is 1. The minimum absolute atomic E-state index is 0.335. The maximum atomic E-state index is 13.6. The Bertz CT molecular complexity index is 543. The van der Waals surface area contributed by atoms with Gasteiger partial charge in [-0.25, -0.2) is 9.37 Å². The van der Waals surface area contributed by atoms with E-state index in [0.717, 1.165) is 0 Å². The summed E-state index contributed by atoms with van der Waals surface area (Å²) in [7, 11) is 0. The zero-order chi connectivity index (χ0) is 12.4. The number of anilines is 2. The van der Waals surface area contributed by atoms with E-state index in [1.54, 1.807) is 13.0 Å². The lowest BCUT2D eigenvalue weighted by Gasteiger charge is -2.12. The van der Waals surface area contributed by atoms with E-state index in [-0.39, 0.29) is 5.82 Å². The van der Waals surface area contributed by atoms with Gasteiger partial charge in [0.2, 0.25) is 0 Å². The third kappa shape index (κ3) is 2.29. The molecule has 0 saturated carbocycles. The fourth-order valence-electron chi connectivity index (χ4n) is 1.67. The normalized spacial score (nSPS) is 12.6. The minimum atomic E-state index is -0.512. The molecule has 1 atom stereocenters. The van der Waals surface area contributed by atoms with Gasteiger partial charge >= 0.3 is 0 Å². The highest BCUT2D eigenvalue weighted by Gasteiger charge is 2.09. The summed E-state index contributed by atoms with van der Waals surface area (Å²) in [6.45, 7) is 1.99. The number of nitrogen functional groups attached to an aromatic ring is 1. The van der Waals surface area contributed by atoms with Crippen LogP contribution in [0, 0.1) is 5.82 Å². The lowest BCUT2D eigenvalue weighted by Crippen LogP contribution is -2.16. The predicted octanol–water partition coefficient (Wildman–Crippen LogP) is 1.75. The van der Waals surface area contributed by atoms with Gasteiger partial charge in [0.05, 0.1) is 11.5 Å². The van der Waals surface area contributed by atoms with Gasteiger partial charge in [-0.05, 0) is 25.1 Å². The molecule has 1 aromatic heterocycles. The van der Waals surface area contributed by atoms with E-state index in [0.29, 0.717) is 28.8 Å². The number of rotatable bonds is 3. The molecule has 1 aromatic carbocycles. The summed E-state index contributed by atoms with van der Waals surface area (Å²) in [5.41, 5.74) is 6.28. The first-order chi connectivity index (χ1) is 8.09. The Morgan fingerprint density at radius 1 is 1.47 bits per heavy atom. The molecular formula is C12H14FN3O. The van der Waals surface area contributed by atoms with Gasteiger partial charge in [0.15, 0.2) is 0 Å². The molecule has 0 amide bonds. The number of aliphatic hydroxyl groups excluding tert-OH is 1. The Morgan fingerprint density at radius 2 is 2.24 bits per heavy atom. The quantitative estimate of drug-likeness (QED) is 0.709. The van der Waals surface area contributed by atoms with Gasteiger partial charge in [-0.3, -0.25) is 0 Å².